The summed E-state index contributed by atoms with van der Waals surface area (Å²) in [5, 5.41) is 18.9. The lowest BCUT2D eigenvalue weighted by atomic mass is 9.86. The van der Waals surface area contributed by atoms with Crippen molar-refractivity contribution in [1.82, 2.24) is 29.6 Å². The number of hydrogen-bond acceptors (Lipinski definition) is 5. The summed E-state index contributed by atoms with van der Waals surface area (Å²) in [6.07, 6.45) is 2.61. The predicted molar refractivity (Wildman–Crippen MR) is 126 cm³/mol. The summed E-state index contributed by atoms with van der Waals surface area (Å²) in [4.78, 5) is 21.6. The van der Waals surface area contributed by atoms with E-state index in [9.17, 15) is 18.7 Å². The smallest absolute Gasteiger partial charge is 0.272 e. The summed E-state index contributed by atoms with van der Waals surface area (Å²) in [5.74, 6) is -1.75. The molecule has 2 heterocycles. The molecule has 2 aromatic heterocycles. The number of nitrogens with one attached hydrogen (secondary N) is 1. The molecule has 0 fully saturated rings. The maximum absolute atomic E-state index is 14.7. The van der Waals surface area contributed by atoms with Crippen LogP contribution in [0.5, 0.6) is 0 Å². The van der Waals surface area contributed by atoms with Gasteiger partial charge in [-0.2, -0.15) is 5.10 Å². The van der Waals surface area contributed by atoms with E-state index in [2.05, 4.69) is 20.4 Å². The molecule has 0 unspecified atom stereocenters. The number of rotatable bonds is 7. The van der Waals surface area contributed by atoms with Gasteiger partial charge in [-0.3, -0.25) is 4.79 Å². The molecule has 0 bridgehead atoms. The number of nitrogens with zero attached hydrogens (tertiary/aromatic N) is 5. The number of imidazole rings is 1. The minimum atomic E-state index is -1.98. The van der Waals surface area contributed by atoms with Crippen LogP contribution in [0.25, 0.3) is 11.4 Å². The zero-order chi connectivity index (χ0) is 25.3. The molecule has 2 N–H and O–H groups in total. The molecular formula is C24H23ClF2N6O2. The predicted octanol–water partition coefficient (Wildman–Crippen LogP) is 3.62. The van der Waals surface area contributed by atoms with E-state index in [-0.39, 0.29) is 17.8 Å². The molecule has 182 valence electrons. The zero-order valence-electron chi connectivity index (χ0n) is 19.2. The first kappa shape index (κ1) is 24.5. The van der Waals surface area contributed by atoms with Gasteiger partial charge in [-0.25, -0.2) is 23.4 Å². The molecule has 2 aromatic carbocycles. The Morgan fingerprint density at radius 2 is 1.94 bits per heavy atom. The second kappa shape index (κ2) is 9.55. The molecular weight excluding hydrogens is 478 g/mol. The van der Waals surface area contributed by atoms with Crippen molar-refractivity contribution in [3.05, 3.63) is 88.7 Å². The summed E-state index contributed by atoms with van der Waals surface area (Å²) < 4.78 is 31.4. The van der Waals surface area contributed by atoms with Crippen LogP contribution in [0, 0.1) is 18.6 Å². The Kier molecular flexibility index (Phi) is 6.68. The van der Waals surface area contributed by atoms with Gasteiger partial charge in [-0.05, 0) is 44.2 Å². The van der Waals surface area contributed by atoms with Crippen molar-refractivity contribution < 1.29 is 18.7 Å². The van der Waals surface area contributed by atoms with E-state index in [1.54, 1.807) is 42.8 Å². The van der Waals surface area contributed by atoms with Gasteiger partial charge in [0.25, 0.3) is 5.91 Å². The van der Waals surface area contributed by atoms with Gasteiger partial charge in [0, 0.05) is 35.0 Å². The molecule has 0 aliphatic heterocycles. The molecule has 0 saturated heterocycles. The van der Waals surface area contributed by atoms with Crippen LogP contribution in [0.4, 0.5) is 8.78 Å². The fourth-order valence-electron chi connectivity index (χ4n) is 3.89. The standard InChI is InChI=1S/C24H23ClF2N6O2/c1-14-21(31-22(32(14)3)16-4-6-17(25)7-5-16)23(34)30-15(2)24(35,11-33-13-28-12-29-33)19-9-8-18(26)10-20(19)27/h4-10,12-13,15,35H,11H2,1-3H3,(H,30,34)/t15-,24-/m1/s1. The molecule has 2 atom stereocenters. The molecule has 4 aromatic rings. The van der Waals surface area contributed by atoms with Crippen LogP contribution in [0.2, 0.25) is 5.02 Å². The van der Waals surface area contributed by atoms with E-state index in [1.807, 2.05) is 0 Å². The van der Waals surface area contributed by atoms with Crippen LogP contribution < -0.4 is 5.32 Å². The Bertz CT molecular complexity index is 1360. The number of hydrogen-bond donors (Lipinski definition) is 2. The summed E-state index contributed by atoms with van der Waals surface area (Å²) >= 11 is 5.97. The third-order valence-electron chi connectivity index (χ3n) is 6.03. The number of carbonyl (C=O) groups is 1. The van der Waals surface area contributed by atoms with Crippen molar-refractivity contribution in [3.63, 3.8) is 0 Å². The van der Waals surface area contributed by atoms with Gasteiger partial charge >= 0.3 is 0 Å². The highest BCUT2D eigenvalue weighted by Crippen LogP contribution is 2.31. The Morgan fingerprint density at radius 1 is 1.23 bits per heavy atom. The van der Waals surface area contributed by atoms with Crippen molar-refractivity contribution >= 4 is 17.5 Å². The molecule has 0 saturated carbocycles. The second-order valence-electron chi connectivity index (χ2n) is 8.27. The van der Waals surface area contributed by atoms with Gasteiger partial charge in [0.15, 0.2) is 0 Å². The number of amides is 1. The number of benzene rings is 2. The van der Waals surface area contributed by atoms with Gasteiger partial charge in [0.05, 0.1) is 12.6 Å². The lowest BCUT2D eigenvalue weighted by Gasteiger charge is -2.35. The van der Waals surface area contributed by atoms with Gasteiger partial charge in [-0.15, -0.1) is 0 Å². The van der Waals surface area contributed by atoms with Crippen LogP contribution >= 0.6 is 11.6 Å². The van der Waals surface area contributed by atoms with Crippen LogP contribution in [0.15, 0.2) is 55.1 Å². The van der Waals surface area contributed by atoms with Gasteiger partial charge in [-0.1, -0.05) is 17.7 Å². The van der Waals surface area contributed by atoms with E-state index >= 15 is 0 Å². The fraction of sp³-hybridized carbons (Fsp3) is 0.250. The van der Waals surface area contributed by atoms with Crippen molar-refractivity contribution in [2.24, 2.45) is 7.05 Å². The number of carbonyl (C=O) groups excluding carboxylic acids is 1. The Hall–Kier alpha value is -3.63. The topological polar surface area (TPSA) is 97.9 Å². The van der Waals surface area contributed by atoms with Crippen LogP contribution in [0.1, 0.15) is 28.7 Å². The minimum absolute atomic E-state index is 0.145. The lowest BCUT2D eigenvalue weighted by Crippen LogP contribution is -2.52. The third-order valence-corrected chi connectivity index (χ3v) is 6.28. The number of aromatic nitrogens is 5. The SMILES string of the molecule is Cc1c(C(=O)N[C@H](C)[C@](O)(Cn2cncn2)c2ccc(F)cc2F)nc(-c2ccc(Cl)cc2)n1C. The van der Waals surface area contributed by atoms with Crippen molar-refractivity contribution in [3.8, 4) is 11.4 Å². The Morgan fingerprint density at radius 3 is 2.57 bits per heavy atom. The lowest BCUT2D eigenvalue weighted by molar-refractivity contribution is -0.0186. The highest BCUT2D eigenvalue weighted by atomic mass is 35.5. The van der Waals surface area contributed by atoms with E-state index in [0.717, 1.165) is 17.7 Å². The average molecular weight is 501 g/mol. The average Bonchev–Trinajstić information content (AvgIpc) is 3.42. The molecule has 0 aliphatic rings. The van der Waals surface area contributed by atoms with Crippen molar-refractivity contribution in [1.29, 1.82) is 0 Å². The fourth-order valence-corrected chi connectivity index (χ4v) is 4.02. The van der Waals surface area contributed by atoms with E-state index in [1.165, 1.54) is 24.3 Å². The quantitative estimate of drug-likeness (QED) is 0.404. The van der Waals surface area contributed by atoms with Gasteiger partial charge < -0.3 is 15.0 Å². The Balaban J connectivity index is 1.66. The first-order chi connectivity index (χ1) is 16.6. The number of halogens is 3. The first-order valence-electron chi connectivity index (χ1n) is 10.7. The van der Waals surface area contributed by atoms with E-state index in [4.69, 9.17) is 11.6 Å². The van der Waals surface area contributed by atoms with E-state index < -0.39 is 29.2 Å². The summed E-state index contributed by atoms with van der Waals surface area (Å²) in [6, 6.07) is 8.88. The van der Waals surface area contributed by atoms with Gasteiger partial charge in [0.1, 0.15) is 41.4 Å². The highest BCUT2D eigenvalue weighted by Gasteiger charge is 2.40. The van der Waals surface area contributed by atoms with Gasteiger partial charge in [0.2, 0.25) is 0 Å². The normalized spacial score (nSPS) is 13.9. The molecule has 11 heteroatoms. The Labute approximate surface area is 205 Å². The summed E-state index contributed by atoms with van der Waals surface area (Å²) in [5.41, 5.74) is -0.674. The second-order valence-corrected chi connectivity index (χ2v) is 8.71. The minimum Gasteiger partial charge on any atom is -0.381 e. The highest BCUT2D eigenvalue weighted by molar-refractivity contribution is 6.30. The molecule has 4 rings (SSSR count). The largest absolute Gasteiger partial charge is 0.381 e. The summed E-state index contributed by atoms with van der Waals surface area (Å²) in [6.45, 7) is 3.03. The molecule has 8 nitrogen and oxygen atoms in total. The number of aliphatic hydroxyl groups is 1. The van der Waals surface area contributed by atoms with Crippen LogP contribution in [0.3, 0.4) is 0 Å². The molecule has 0 radical (unpaired) electrons. The summed E-state index contributed by atoms with van der Waals surface area (Å²) in [7, 11) is 1.78. The van der Waals surface area contributed by atoms with Crippen molar-refractivity contribution in [2.45, 2.75) is 32.0 Å². The van der Waals surface area contributed by atoms with Crippen LogP contribution in [-0.2, 0) is 19.2 Å². The van der Waals surface area contributed by atoms with E-state index in [0.29, 0.717) is 22.6 Å². The zero-order valence-corrected chi connectivity index (χ0v) is 20.0. The third kappa shape index (κ3) is 4.80. The molecule has 0 spiro atoms. The molecule has 35 heavy (non-hydrogen) atoms. The maximum atomic E-state index is 14.7. The first-order valence-corrected chi connectivity index (χ1v) is 11.1. The monoisotopic (exact) mass is 500 g/mol. The molecule has 0 aliphatic carbocycles. The molecule has 1 amide bonds. The maximum Gasteiger partial charge on any atom is 0.272 e. The van der Waals surface area contributed by atoms with Crippen molar-refractivity contribution in [2.75, 3.05) is 0 Å². The van der Waals surface area contributed by atoms with Crippen LogP contribution in [-0.4, -0.2) is 41.4 Å².